The van der Waals surface area contributed by atoms with E-state index in [1.807, 2.05) is 25.1 Å². The molecule has 0 radical (unpaired) electrons. The van der Waals surface area contributed by atoms with Crippen LogP contribution in [0.15, 0.2) is 18.2 Å². The lowest BCUT2D eigenvalue weighted by atomic mass is 10.0. The van der Waals surface area contributed by atoms with Crippen molar-refractivity contribution in [1.82, 2.24) is 9.55 Å². The molecule has 0 saturated carbocycles. The van der Waals surface area contributed by atoms with Crippen molar-refractivity contribution in [2.24, 2.45) is 5.92 Å². The van der Waals surface area contributed by atoms with E-state index in [2.05, 4.69) is 16.5 Å². The molecule has 0 bridgehead atoms. The summed E-state index contributed by atoms with van der Waals surface area (Å²) in [6, 6.07) is 5.84. The van der Waals surface area contributed by atoms with Gasteiger partial charge < -0.3 is 15.4 Å². The van der Waals surface area contributed by atoms with Gasteiger partial charge in [-0.05, 0) is 37.5 Å². The lowest BCUT2D eigenvalue weighted by molar-refractivity contribution is 0.244. The number of hydrogen-bond donors (Lipinski definition) is 2. The van der Waals surface area contributed by atoms with Crippen molar-refractivity contribution >= 4 is 16.7 Å². The number of aromatic nitrogens is 2. The summed E-state index contributed by atoms with van der Waals surface area (Å²) in [6.45, 7) is 5.33. The molecule has 98 valence electrons. The summed E-state index contributed by atoms with van der Waals surface area (Å²) in [5, 5.41) is 9.07. The van der Waals surface area contributed by atoms with Gasteiger partial charge in [-0.3, -0.25) is 0 Å². The summed E-state index contributed by atoms with van der Waals surface area (Å²) < 4.78 is 2.22. The minimum atomic E-state index is 0.247. The van der Waals surface area contributed by atoms with Crippen LogP contribution in [0, 0.1) is 12.8 Å². The van der Waals surface area contributed by atoms with Crippen LogP contribution in [0.2, 0.25) is 0 Å². The number of imidazole rings is 1. The zero-order chi connectivity index (χ0) is 13.1. The number of hydrogen-bond acceptors (Lipinski definition) is 3. The van der Waals surface area contributed by atoms with E-state index in [0.717, 1.165) is 41.9 Å². The van der Waals surface area contributed by atoms with Gasteiger partial charge in [0.05, 0.1) is 11.0 Å². The molecule has 0 fully saturated rings. The molecule has 0 aliphatic rings. The Morgan fingerprint density at radius 3 is 2.89 bits per heavy atom. The Bertz CT molecular complexity index is 533. The van der Waals surface area contributed by atoms with Gasteiger partial charge in [0.15, 0.2) is 0 Å². The summed E-state index contributed by atoms with van der Waals surface area (Å²) in [5.74, 6) is 1.50. The van der Waals surface area contributed by atoms with Gasteiger partial charge in [-0.2, -0.15) is 0 Å². The number of nitrogen functional groups attached to an aromatic ring is 1. The van der Waals surface area contributed by atoms with Crippen LogP contribution in [0.25, 0.3) is 11.0 Å². The smallest absolute Gasteiger partial charge is 0.106 e. The second-order valence-corrected chi connectivity index (χ2v) is 4.80. The van der Waals surface area contributed by atoms with Crippen molar-refractivity contribution in [3.63, 3.8) is 0 Å². The summed E-state index contributed by atoms with van der Waals surface area (Å²) in [4.78, 5) is 4.54. The van der Waals surface area contributed by atoms with Crippen LogP contribution in [0.4, 0.5) is 5.69 Å². The first-order valence-corrected chi connectivity index (χ1v) is 6.49. The van der Waals surface area contributed by atoms with E-state index >= 15 is 0 Å². The molecule has 1 aromatic carbocycles. The third kappa shape index (κ3) is 2.48. The van der Waals surface area contributed by atoms with Gasteiger partial charge in [0.1, 0.15) is 5.82 Å². The Morgan fingerprint density at radius 2 is 2.22 bits per heavy atom. The molecule has 1 heterocycles. The molecule has 0 spiro atoms. The third-order valence-electron chi connectivity index (χ3n) is 3.52. The van der Waals surface area contributed by atoms with Gasteiger partial charge in [0.2, 0.25) is 0 Å². The van der Waals surface area contributed by atoms with Gasteiger partial charge in [0.25, 0.3) is 0 Å². The van der Waals surface area contributed by atoms with Crippen LogP contribution < -0.4 is 5.73 Å². The Kier molecular flexibility index (Phi) is 3.87. The topological polar surface area (TPSA) is 64.1 Å². The molecule has 4 nitrogen and oxygen atoms in total. The van der Waals surface area contributed by atoms with Gasteiger partial charge in [0, 0.05) is 18.8 Å². The Morgan fingerprint density at radius 1 is 1.44 bits per heavy atom. The highest BCUT2D eigenvalue weighted by atomic mass is 16.3. The van der Waals surface area contributed by atoms with Gasteiger partial charge in [-0.1, -0.05) is 13.3 Å². The van der Waals surface area contributed by atoms with Crippen LogP contribution in [0.1, 0.15) is 25.6 Å². The minimum Gasteiger partial charge on any atom is -0.399 e. The number of benzene rings is 1. The lowest BCUT2D eigenvalue weighted by Gasteiger charge is -2.16. The number of anilines is 1. The maximum atomic E-state index is 9.07. The molecule has 0 amide bonds. The number of rotatable bonds is 5. The first-order valence-electron chi connectivity index (χ1n) is 6.49. The fourth-order valence-corrected chi connectivity index (χ4v) is 2.36. The van der Waals surface area contributed by atoms with E-state index in [0.29, 0.717) is 5.92 Å². The average Bonchev–Trinajstić information content (AvgIpc) is 2.64. The molecule has 0 saturated heterocycles. The van der Waals surface area contributed by atoms with Crippen LogP contribution in [-0.2, 0) is 6.54 Å². The Balaban J connectivity index is 2.34. The second kappa shape index (κ2) is 5.40. The van der Waals surface area contributed by atoms with E-state index < -0.39 is 0 Å². The van der Waals surface area contributed by atoms with Crippen molar-refractivity contribution in [3.05, 3.63) is 24.0 Å². The van der Waals surface area contributed by atoms with Gasteiger partial charge in [-0.15, -0.1) is 0 Å². The van der Waals surface area contributed by atoms with Gasteiger partial charge in [-0.25, -0.2) is 4.98 Å². The van der Waals surface area contributed by atoms with Crippen molar-refractivity contribution < 1.29 is 5.11 Å². The summed E-state index contributed by atoms with van der Waals surface area (Å²) in [6.07, 6.45) is 1.90. The SMILES string of the molecule is CCC(CCO)Cn1c(C)nc2cc(N)ccc21. The highest BCUT2D eigenvalue weighted by molar-refractivity contribution is 5.79. The minimum absolute atomic E-state index is 0.247. The first-order chi connectivity index (χ1) is 8.65. The van der Waals surface area contributed by atoms with Crippen molar-refractivity contribution in [1.29, 1.82) is 0 Å². The Labute approximate surface area is 107 Å². The van der Waals surface area contributed by atoms with E-state index in [1.165, 1.54) is 0 Å². The molecule has 4 heteroatoms. The maximum absolute atomic E-state index is 9.07. The number of fused-ring (bicyclic) bond motifs is 1. The fourth-order valence-electron chi connectivity index (χ4n) is 2.36. The molecule has 1 aromatic heterocycles. The molecule has 2 rings (SSSR count). The molecule has 2 aromatic rings. The molecule has 18 heavy (non-hydrogen) atoms. The third-order valence-corrected chi connectivity index (χ3v) is 3.52. The number of aliphatic hydroxyl groups excluding tert-OH is 1. The summed E-state index contributed by atoms with van der Waals surface area (Å²) >= 11 is 0. The quantitative estimate of drug-likeness (QED) is 0.797. The normalized spacial score (nSPS) is 13.1. The molecule has 3 N–H and O–H groups in total. The number of aryl methyl sites for hydroxylation is 1. The first kappa shape index (κ1) is 12.9. The van der Waals surface area contributed by atoms with E-state index in [1.54, 1.807) is 0 Å². The predicted molar refractivity (Wildman–Crippen MR) is 74.4 cm³/mol. The van der Waals surface area contributed by atoms with Crippen LogP contribution in [0.5, 0.6) is 0 Å². The zero-order valence-corrected chi connectivity index (χ0v) is 11.1. The van der Waals surface area contributed by atoms with Crippen molar-refractivity contribution in [2.75, 3.05) is 12.3 Å². The summed E-state index contributed by atoms with van der Waals surface area (Å²) in [7, 11) is 0. The van der Waals surface area contributed by atoms with Crippen molar-refractivity contribution in [2.45, 2.75) is 33.2 Å². The van der Waals surface area contributed by atoms with E-state index in [9.17, 15) is 0 Å². The summed E-state index contributed by atoms with van der Waals surface area (Å²) in [5.41, 5.74) is 8.59. The highest BCUT2D eigenvalue weighted by Crippen LogP contribution is 2.21. The van der Waals surface area contributed by atoms with E-state index in [4.69, 9.17) is 10.8 Å². The number of nitrogens with zero attached hydrogens (tertiary/aromatic N) is 2. The molecular formula is C14H21N3O. The number of aliphatic hydroxyl groups is 1. The molecule has 1 atom stereocenters. The number of nitrogens with two attached hydrogens (primary N) is 1. The van der Waals surface area contributed by atoms with Gasteiger partial charge >= 0.3 is 0 Å². The molecule has 1 unspecified atom stereocenters. The monoisotopic (exact) mass is 247 g/mol. The molecule has 0 aliphatic heterocycles. The maximum Gasteiger partial charge on any atom is 0.106 e. The second-order valence-electron chi connectivity index (χ2n) is 4.80. The standard InChI is InChI=1S/C14H21N3O/c1-3-11(6-7-18)9-17-10(2)16-13-8-12(15)4-5-14(13)17/h4-5,8,11,18H,3,6-7,9,15H2,1-2H3. The van der Waals surface area contributed by atoms with Crippen molar-refractivity contribution in [3.8, 4) is 0 Å². The Hall–Kier alpha value is -1.55. The fraction of sp³-hybridized carbons (Fsp3) is 0.500. The van der Waals surface area contributed by atoms with Crippen LogP contribution >= 0.6 is 0 Å². The molecule has 0 aliphatic carbocycles. The largest absolute Gasteiger partial charge is 0.399 e. The predicted octanol–water partition coefficient (Wildman–Crippen LogP) is 2.34. The van der Waals surface area contributed by atoms with Crippen LogP contribution in [-0.4, -0.2) is 21.3 Å². The molecular weight excluding hydrogens is 226 g/mol. The highest BCUT2D eigenvalue weighted by Gasteiger charge is 2.12. The van der Waals surface area contributed by atoms with E-state index in [-0.39, 0.29) is 6.61 Å². The average molecular weight is 247 g/mol. The zero-order valence-electron chi connectivity index (χ0n) is 11.1. The lowest BCUT2D eigenvalue weighted by Crippen LogP contribution is -2.12. The van der Waals surface area contributed by atoms with Crippen LogP contribution in [0.3, 0.4) is 0 Å².